The lowest BCUT2D eigenvalue weighted by Crippen LogP contribution is -2.43. The van der Waals surface area contributed by atoms with E-state index in [1.54, 1.807) is 13.0 Å². The van der Waals surface area contributed by atoms with E-state index in [0.717, 1.165) is 31.5 Å². The van der Waals surface area contributed by atoms with Gasteiger partial charge >= 0.3 is 0 Å². The van der Waals surface area contributed by atoms with E-state index in [9.17, 15) is 14.0 Å². The van der Waals surface area contributed by atoms with Crippen LogP contribution in [0.3, 0.4) is 0 Å². The van der Waals surface area contributed by atoms with E-state index in [1.807, 2.05) is 0 Å². The smallest absolute Gasteiger partial charge is 0.267 e. The van der Waals surface area contributed by atoms with Crippen molar-refractivity contribution < 1.29 is 14.0 Å². The second-order valence-corrected chi connectivity index (χ2v) is 6.67. The number of carbonyl (C=O) groups excluding carboxylic acids is 2. The van der Waals surface area contributed by atoms with Gasteiger partial charge in [0.25, 0.3) is 5.91 Å². The first-order valence-corrected chi connectivity index (χ1v) is 8.42. The van der Waals surface area contributed by atoms with E-state index in [-0.39, 0.29) is 23.1 Å². The minimum atomic E-state index is -0.561. The quantitative estimate of drug-likeness (QED) is 0.839. The van der Waals surface area contributed by atoms with Gasteiger partial charge in [0.15, 0.2) is 5.78 Å². The van der Waals surface area contributed by atoms with Crippen molar-refractivity contribution in [1.82, 2.24) is 15.2 Å². The molecule has 0 atom stereocenters. The first-order chi connectivity index (χ1) is 11.9. The molecule has 0 radical (unpaired) electrons. The Bertz CT molecular complexity index is 792. The van der Waals surface area contributed by atoms with Crippen molar-refractivity contribution in [2.24, 2.45) is 0 Å². The van der Waals surface area contributed by atoms with E-state index < -0.39 is 11.6 Å². The van der Waals surface area contributed by atoms with Crippen LogP contribution in [0.5, 0.6) is 0 Å². The predicted molar refractivity (Wildman–Crippen MR) is 93.3 cm³/mol. The van der Waals surface area contributed by atoms with Crippen LogP contribution in [-0.4, -0.2) is 47.8 Å². The molecule has 0 spiro atoms. The summed E-state index contributed by atoms with van der Waals surface area (Å²) in [6.45, 7) is 3.70. The van der Waals surface area contributed by atoms with Gasteiger partial charge in [-0.1, -0.05) is 11.6 Å². The van der Waals surface area contributed by atoms with Crippen molar-refractivity contribution in [3.05, 3.63) is 58.7 Å². The first-order valence-electron chi connectivity index (χ1n) is 8.42. The number of piperidine rings is 1. The van der Waals surface area contributed by atoms with Gasteiger partial charge in [0.1, 0.15) is 11.5 Å². The summed E-state index contributed by atoms with van der Waals surface area (Å²) in [6, 6.07) is 6.03. The average Bonchev–Trinajstić information content (AvgIpc) is 3.08. The number of aromatic nitrogens is 1. The third-order valence-electron chi connectivity index (χ3n) is 4.61. The summed E-state index contributed by atoms with van der Waals surface area (Å²) in [4.78, 5) is 29.9. The monoisotopic (exact) mass is 343 g/mol. The van der Waals surface area contributed by atoms with Crippen molar-refractivity contribution in [2.45, 2.75) is 25.8 Å². The lowest BCUT2D eigenvalue weighted by molar-refractivity contribution is 0.0912. The summed E-state index contributed by atoms with van der Waals surface area (Å²) in [5, 5.41) is 2.99. The molecule has 1 aliphatic heterocycles. The topological polar surface area (TPSA) is 65.2 Å². The number of likely N-dealkylation sites (tertiary alicyclic amines) is 1. The number of hydrogen-bond acceptors (Lipinski definition) is 3. The van der Waals surface area contributed by atoms with Crippen LogP contribution in [0, 0.1) is 12.7 Å². The number of ketones is 1. The number of halogens is 1. The summed E-state index contributed by atoms with van der Waals surface area (Å²) in [5.41, 5.74) is 1.41. The second-order valence-electron chi connectivity index (χ2n) is 6.67. The molecule has 0 bridgehead atoms. The van der Waals surface area contributed by atoms with E-state index in [0.29, 0.717) is 5.69 Å². The van der Waals surface area contributed by atoms with Crippen molar-refractivity contribution in [3.8, 4) is 0 Å². The maximum absolute atomic E-state index is 13.9. The molecule has 6 heteroatoms. The number of nitrogens with zero attached hydrogens (tertiary/aromatic N) is 1. The number of nitrogens with one attached hydrogen (secondary N) is 2. The van der Waals surface area contributed by atoms with Crippen molar-refractivity contribution in [1.29, 1.82) is 0 Å². The number of hydrogen-bond donors (Lipinski definition) is 2. The highest BCUT2D eigenvalue weighted by atomic mass is 19.1. The third kappa shape index (κ3) is 3.96. The molecular weight excluding hydrogens is 321 g/mol. The highest BCUT2D eigenvalue weighted by Crippen LogP contribution is 2.17. The highest BCUT2D eigenvalue weighted by Gasteiger charge is 2.21. The Labute approximate surface area is 146 Å². The molecule has 0 saturated carbocycles. The van der Waals surface area contributed by atoms with Crippen LogP contribution >= 0.6 is 0 Å². The maximum atomic E-state index is 13.9. The molecule has 1 aliphatic rings. The molecule has 0 aliphatic carbocycles. The summed E-state index contributed by atoms with van der Waals surface area (Å²) in [7, 11) is 2.06. The number of carbonyl (C=O) groups is 2. The maximum Gasteiger partial charge on any atom is 0.267 e. The third-order valence-corrected chi connectivity index (χ3v) is 4.61. The van der Waals surface area contributed by atoms with Gasteiger partial charge in [-0.2, -0.15) is 0 Å². The molecule has 1 amide bonds. The second kappa shape index (κ2) is 7.19. The molecule has 1 saturated heterocycles. The van der Waals surface area contributed by atoms with Gasteiger partial charge in [-0.05, 0) is 58.1 Å². The molecule has 1 aromatic heterocycles. The van der Waals surface area contributed by atoms with Gasteiger partial charge in [-0.3, -0.25) is 9.59 Å². The first kappa shape index (κ1) is 17.4. The zero-order chi connectivity index (χ0) is 18.0. The number of aryl methyl sites for hydroxylation is 1. The summed E-state index contributed by atoms with van der Waals surface area (Å²) >= 11 is 0. The highest BCUT2D eigenvalue weighted by molar-refractivity contribution is 6.10. The molecular formula is C19H22FN3O2. The van der Waals surface area contributed by atoms with Crippen LogP contribution < -0.4 is 5.32 Å². The Hall–Kier alpha value is -2.47. The van der Waals surface area contributed by atoms with Gasteiger partial charge in [-0.15, -0.1) is 0 Å². The summed E-state index contributed by atoms with van der Waals surface area (Å²) in [5.74, 6) is -1.23. The average molecular weight is 343 g/mol. The van der Waals surface area contributed by atoms with Crippen LogP contribution in [0.2, 0.25) is 0 Å². The molecule has 1 aromatic carbocycles. The van der Waals surface area contributed by atoms with Crippen LogP contribution in [0.25, 0.3) is 0 Å². The van der Waals surface area contributed by atoms with Crippen LogP contribution in [-0.2, 0) is 0 Å². The standard InChI is InChI=1S/C19H22FN3O2/c1-12-3-4-16(20)15(9-12)18(24)13-10-17(21-11-13)19(25)22-14-5-7-23(2)8-6-14/h3-4,9-11,14,21H,5-8H2,1-2H3,(H,22,25). The SMILES string of the molecule is Cc1ccc(F)c(C(=O)c2c[nH]c(C(=O)NC3CCN(C)CC3)c2)c1. The summed E-state index contributed by atoms with van der Waals surface area (Å²) in [6.07, 6.45) is 3.26. The fraction of sp³-hybridized carbons (Fsp3) is 0.368. The van der Waals surface area contributed by atoms with E-state index in [2.05, 4.69) is 22.2 Å². The number of H-pyrrole nitrogens is 1. The molecule has 1 fully saturated rings. The van der Waals surface area contributed by atoms with E-state index in [4.69, 9.17) is 0 Å². The van der Waals surface area contributed by atoms with Crippen LogP contribution in [0.1, 0.15) is 44.8 Å². The fourth-order valence-corrected chi connectivity index (χ4v) is 3.04. The Kier molecular flexibility index (Phi) is 4.99. The van der Waals surface area contributed by atoms with Gasteiger partial charge < -0.3 is 15.2 Å². The Morgan fingerprint density at radius 1 is 1.24 bits per heavy atom. The Morgan fingerprint density at radius 3 is 2.68 bits per heavy atom. The molecule has 5 nitrogen and oxygen atoms in total. The minimum Gasteiger partial charge on any atom is -0.356 e. The predicted octanol–water partition coefficient (Wildman–Crippen LogP) is 2.52. The lowest BCUT2D eigenvalue weighted by atomic mass is 10.0. The minimum absolute atomic E-state index is 0.0151. The normalized spacial score (nSPS) is 16.0. The molecule has 3 rings (SSSR count). The van der Waals surface area contributed by atoms with Gasteiger partial charge in [-0.25, -0.2) is 4.39 Å². The number of rotatable bonds is 4. The van der Waals surface area contributed by atoms with Crippen LogP contribution in [0.15, 0.2) is 30.5 Å². The molecule has 2 heterocycles. The molecule has 0 unspecified atom stereocenters. The van der Waals surface area contributed by atoms with Gasteiger partial charge in [0.05, 0.1) is 5.56 Å². The summed E-state index contributed by atoms with van der Waals surface area (Å²) < 4.78 is 13.9. The molecule has 2 N–H and O–H groups in total. The van der Waals surface area contributed by atoms with E-state index in [1.165, 1.54) is 24.4 Å². The van der Waals surface area contributed by atoms with Crippen molar-refractivity contribution >= 4 is 11.7 Å². The van der Waals surface area contributed by atoms with Crippen molar-refractivity contribution in [3.63, 3.8) is 0 Å². The van der Waals surface area contributed by atoms with Gasteiger partial charge in [0.2, 0.25) is 0 Å². The molecule has 132 valence electrons. The molecule has 2 aromatic rings. The zero-order valence-electron chi connectivity index (χ0n) is 14.4. The molecule has 25 heavy (non-hydrogen) atoms. The van der Waals surface area contributed by atoms with E-state index >= 15 is 0 Å². The Balaban J connectivity index is 1.70. The zero-order valence-corrected chi connectivity index (χ0v) is 14.4. The largest absolute Gasteiger partial charge is 0.356 e. The number of benzene rings is 1. The van der Waals surface area contributed by atoms with Crippen LogP contribution in [0.4, 0.5) is 4.39 Å². The Morgan fingerprint density at radius 2 is 1.96 bits per heavy atom. The number of aromatic amines is 1. The number of amides is 1. The fourth-order valence-electron chi connectivity index (χ4n) is 3.04. The van der Waals surface area contributed by atoms with Crippen molar-refractivity contribution in [2.75, 3.05) is 20.1 Å². The van der Waals surface area contributed by atoms with Gasteiger partial charge in [0, 0.05) is 17.8 Å². The lowest BCUT2D eigenvalue weighted by Gasteiger charge is -2.29.